The highest BCUT2D eigenvalue weighted by Crippen LogP contribution is 2.12. The Morgan fingerprint density at radius 3 is 3.12 bits per heavy atom. The Morgan fingerprint density at radius 2 is 2.47 bits per heavy atom. The first kappa shape index (κ1) is 11.3. The largest absolute Gasteiger partial charge is 0.397 e. The van der Waals surface area contributed by atoms with Crippen molar-refractivity contribution in [2.45, 2.75) is 19.9 Å². The van der Waals surface area contributed by atoms with Crippen molar-refractivity contribution in [3.8, 4) is 0 Å². The lowest BCUT2D eigenvalue weighted by molar-refractivity contribution is 0.101. The first-order valence-electron chi connectivity index (χ1n) is 5.47. The van der Waals surface area contributed by atoms with Crippen molar-refractivity contribution in [1.82, 2.24) is 14.5 Å². The minimum absolute atomic E-state index is 0.217. The van der Waals surface area contributed by atoms with Gasteiger partial charge in [0, 0.05) is 25.1 Å². The summed E-state index contributed by atoms with van der Waals surface area (Å²) in [5.74, 6) is 0.211. The van der Waals surface area contributed by atoms with Crippen LogP contribution < -0.4 is 11.1 Å². The molecule has 0 unspecified atom stereocenters. The molecule has 4 N–H and O–H groups in total. The standard InChI is InChI=1S/C11H15N5O/c1-2-5-16-7-8(12)6-9(16)10(17)15-11-13-3-4-14-11/h3-4,6-7H,2,5,12H2,1H3,(H2,13,14,15,17). The molecule has 0 saturated carbocycles. The summed E-state index contributed by atoms with van der Waals surface area (Å²) in [7, 11) is 0. The van der Waals surface area contributed by atoms with E-state index in [0.29, 0.717) is 17.3 Å². The molecule has 2 aromatic rings. The highest BCUT2D eigenvalue weighted by atomic mass is 16.2. The molecule has 0 saturated heterocycles. The van der Waals surface area contributed by atoms with E-state index in [-0.39, 0.29) is 5.91 Å². The normalized spacial score (nSPS) is 10.4. The predicted octanol–water partition coefficient (Wildman–Crippen LogP) is 1.46. The average Bonchev–Trinajstić information content (AvgIpc) is 2.88. The van der Waals surface area contributed by atoms with Crippen molar-refractivity contribution in [1.29, 1.82) is 0 Å². The van der Waals surface area contributed by atoms with Crippen molar-refractivity contribution in [2.24, 2.45) is 0 Å². The summed E-state index contributed by atoms with van der Waals surface area (Å²) in [6.07, 6.45) is 5.93. The van der Waals surface area contributed by atoms with E-state index in [1.54, 1.807) is 24.7 Å². The number of carbonyl (C=O) groups excluding carboxylic acids is 1. The Hall–Kier alpha value is -2.24. The number of hydrogen-bond donors (Lipinski definition) is 3. The fraction of sp³-hybridized carbons (Fsp3) is 0.273. The van der Waals surface area contributed by atoms with Gasteiger partial charge in [0.05, 0.1) is 5.69 Å². The van der Waals surface area contributed by atoms with Crippen molar-refractivity contribution >= 4 is 17.5 Å². The van der Waals surface area contributed by atoms with Gasteiger partial charge in [-0.25, -0.2) is 4.98 Å². The number of nitrogens with two attached hydrogens (primary N) is 1. The second kappa shape index (κ2) is 4.73. The minimum Gasteiger partial charge on any atom is -0.397 e. The maximum absolute atomic E-state index is 12.0. The van der Waals surface area contributed by atoms with Crippen LogP contribution in [0.1, 0.15) is 23.8 Å². The third-order valence-electron chi connectivity index (χ3n) is 2.35. The lowest BCUT2D eigenvalue weighted by Crippen LogP contribution is -2.17. The number of aromatic nitrogens is 3. The van der Waals surface area contributed by atoms with Gasteiger partial charge in [0.25, 0.3) is 5.91 Å². The molecule has 2 rings (SSSR count). The lowest BCUT2D eigenvalue weighted by atomic mass is 10.3. The monoisotopic (exact) mass is 233 g/mol. The number of hydrogen-bond acceptors (Lipinski definition) is 3. The first-order chi connectivity index (χ1) is 8.20. The van der Waals surface area contributed by atoms with Crippen LogP contribution in [0, 0.1) is 0 Å². The van der Waals surface area contributed by atoms with E-state index in [0.717, 1.165) is 13.0 Å². The molecule has 0 aliphatic carbocycles. The highest BCUT2D eigenvalue weighted by molar-refractivity contribution is 6.02. The Morgan fingerprint density at radius 1 is 1.65 bits per heavy atom. The van der Waals surface area contributed by atoms with E-state index < -0.39 is 0 Å². The van der Waals surface area contributed by atoms with E-state index in [4.69, 9.17) is 5.73 Å². The molecule has 1 amide bonds. The summed E-state index contributed by atoms with van der Waals surface area (Å²) < 4.78 is 1.84. The van der Waals surface area contributed by atoms with E-state index in [1.165, 1.54) is 0 Å². The highest BCUT2D eigenvalue weighted by Gasteiger charge is 2.13. The van der Waals surface area contributed by atoms with Crippen LogP contribution in [0.15, 0.2) is 24.7 Å². The van der Waals surface area contributed by atoms with Gasteiger partial charge in [-0.3, -0.25) is 10.1 Å². The Kier molecular flexibility index (Phi) is 3.13. The summed E-state index contributed by atoms with van der Waals surface area (Å²) >= 11 is 0. The van der Waals surface area contributed by atoms with Crippen LogP contribution in [0.25, 0.3) is 0 Å². The number of carbonyl (C=O) groups is 1. The molecule has 0 spiro atoms. The smallest absolute Gasteiger partial charge is 0.274 e. The maximum atomic E-state index is 12.0. The first-order valence-corrected chi connectivity index (χ1v) is 5.47. The molecular formula is C11H15N5O. The Balaban J connectivity index is 2.18. The van der Waals surface area contributed by atoms with Gasteiger partial charge in [-0.2, -0.15) is 0 Å². The Labute approximate surface area is 98.8 Å². The van der Waals surface area contributed by atoms with Crippen LogP contribution in [0.2, 0.25) is 0 Å². The number of imidazole rings is 1. The molecule has 0 fully saturated rings. The van der Waals surface area contributed by atoms with E-state index >= 15 is 0 Å². The average molecular weight is 233 g/mol. The van der Waals surface area contributed by atoms with Gasteiger partial charge in [-0.1, -0.05) is 6.92 Å². The number of nitrogens with zero attached hydrogens (tertiary/aromatic N) is 2. The molecule has 0 bridgehead atoms. The van der Waals surface area contributed by atoms with Crippen LogP contribution >= 0.6 is 0 Å². The molecule has 90 valence electrons. The molecule has 0 aliphatic rings. The third kappa shape index (κ3) is 2.47. The van der Waals surface area contributed by atoms with Gasteiger partial charge < -0.3 is 15.3 Å². The number of H-pyrrole nitrogens is 1. The topological polar surface area (TPSA) is 88.7 Å². The van der Waals surface area contributed by atoms with Crippen molar-refractivity contribution in [2.75, 3.05) is 11.1 Å². The van der Waals surface area contributed by atoms with Crippen LogP contribution in [-0.4, -0.2) is 20.4 Å². The summed E-state index contributed by atoms with van der Waals surface area (Å²) in [6.45, 7) is 2.81. The van der Waals surface area contributed by atoms with Crippen LogP contribution in [-0.2, 0) is 6.54 Å². The minimum atomic E-state index is -0.217. The van der Waals surface area contributed by atoms with E-state index in [9.17, 15) is 4.79 Å². The van der Waals surface area contributed by atoms with E-state index in [2.05, 4.69) is 15.3 Å². The molecule has 6 heteroatoms. The number of nitrogens with one attached hydrogen (secondary N) is 2. The molecule has 0 radical (unpaired) electrons. The maximum Gasteiger partial charge on any atom is 0.274 e. The zero-order valence-electron chi connectivity index (χ0n) is 9.60. The number of rotatable bonds is 4. The number of anilines is 2. The van der Waals surface area contributed by atoms with Crippen molar-refractivity contribution < 1.29 is 4.79 Å². The molecule has 17 heavy (non-hydrogen) atoms. The lowest BCUT2D eigenvalue weighted by Gasteiger charge is -2.06. The molecule has 6 nitrogen and oxygen atoms in total. The Bertz CT molecular complexity index is 500. The van der Waals surface area contributed by atoms with Crippen molar-refractivity contribution in [3.05, 3.63) is 30.4 Å². The molecular weight excluding hydrogens is 218 g/mol. The van der Waals surface area contributed by atoms with Gasteiger partial charge in [-0.15, -0.1) is 0 Å². The van der Waals surface area contributed by atoms with Gasteiger partial charge in [0.15, 0.2) is 0 Å². The van der Waals surface area contributed by atoms with Gasteiger partial charge in [0.2, 0.25) is 5.95 Å². The summed E-state index contributed by atoms with van der Waals surface area (Å²) in [6, 6.07) is 1.66. The number of aryl methyl sites for hydroxylation is 1. The fourth-order valence-corrected chi connectivity index (χ4v) is 1.65. The third-order valence-corrected chi connectivity index (χ3v) is 2.35. The molecule has 0 aliphatic heterocycles. The summed E-state index contributed by atoms with van der Waals surface area (Å²) in [5.41, 5.74) is 6.83. The molecule has 0 aromatic carbocycles. The zero-order valence-corrected chi connectivity index (χ0v) is 9.60. The predicted molar refractivity (Wildman–Crippen MR) is 65.7 cm³/mol. The summed E-state index contributed by atoms with van der Waals surface area (Å²) in [5, 5.41) is 2.67. The number of aromatic amines is 1. The fourth-order valence-electron chi connectivity index (χ4n) is 1.65. The van der Waals surface area contributed by atoms with Crippen LogP contribution in [0.3, 0.4) is 0 Å². The van der Waals surface area contributed by atoms with Crippen LogP contribution in [0.5, 0.6) is 0 Å². The number of nitrogen functional groups attached to an aromatic ring is 1. The van der Waals surface area contributed by atoms with E-state index in [1.807, 2.05) is 11.5 Å². The van der Waals surface area contributed by atoms with Crippen molar-refractivity contribution in [3.63, 3.8) is 0 Å². The molecule has 2 aromatic heterocycles. The number of amides is 1. The second-order valence-electron chi connectivity index (χ2n) is 3.74. The summed E-state index contributed by atoms with van der Waals surface area (Å²) in [4.78, 5) is 18.7. The molecule has 2 heterocycles. The van der Waals surface area contributed by atoms with Gasteiger partial charge >= 0.3 is 0 Å². The zero-order chi connectivity index (χ0) is 12.3. The second-order valence-corrected chi connectivity index (χ2v) is 3.74. The van der Waals surface area contributed by atoms with Gasteiger partial charge in [-0.05, 0) is 12.5 Å². The van der Waals surface area contributed by atoms with Crippen LogP contribution in [0.4, 0.5) is 11.6 Å². The van der Waals surface area contributed by atoms with Gasteiger partial charge in [0.1, 0.15) is 5.69 Å². The quantitative estimate of drug-likeness (QED) is 0.746. The molecule has 0 atom stereocenters. The SMILES string of the molecule is CCCn1cc(N)cc1C(=O)Nc1ncc[nH]1.